The number of fused-ring (bicyclic) bond motifs is 1. The van der Waals surface area contributed by atoms with Gasteiger partial charge < -0.3 is 20.7 Å². The maximum Gasteiger partial charge on any atom is 0.328 e. The molecule has 7 heteroatoms. The monoisotopic (exact) mass is 525 g/mol. The van der Waals surface area contributed by atoms with Crippen LogP contribution in [0.15, 0.2) is 48.5 Å². The SMILES string of the molecule is C#CCc1cc(C)c(NC(=O)Nc2cc3ccccc3cc2C(=O)N[C@H](C(=O)OC)C2CCCCC2)c(C)c1. The summed E-state index contributed by atoms with van der Waals surface area (Å²) in [6, 6.07) is 13.8. The van der Waals surface area contributed by atoms with Crippen LogP contribution in [0.3, 0.4) is 0 Å². The second-order valence-corrected chi connectivity index (χ2v) is 10.2. The highest BCUT2D eigenvalue weighted by Crippen LogP contribution is 2.29. The predicted octanol–water partition coefficient (Wildman–Crippen LogP) is 6.13. The Balaban J connectivity index is 1.62. The highest BCUT2D eigenvalue weighted by atomic mass is 16.5. The van der Waals surface area contributed by atoms with Gasteiger partial charge in [-0.15, -0.1) is 12.3 Å². The fourth-order valence-corrected chi connectivity index (χ4v) is 5.45. The van der Waals surface area contributed by atoms with Gasteiger partial charge in [0.15, 0.2) is 0 Å². The first-order valence-corrected chi connectivity index (χ1v) is 13.3. The van der Waals surface area contributed by atoms with E-state index in [9.17, 15) is 14.4 Å². The Kier molecular flexibility index (Phi) is 8.88. The van der Waals surface area contributed by atoms with Crippen LogP contribution >= 0.6 is 0 Å². The number of anilines is 2. The van der Waals surface area contributed by atoms with E-state index in [1.54, 1.807) is 12.1 Å². The molecule has 0 bridgehead atoms. The van der Waals surface area contributed by atoms with Crippen molar-refractivity contribution in [2.24, 2.45) is 5.92 Å². The van der Waals surface area contributed by atoms with Gasteiger partial charge in [0.2, 0.25) is 0 Å². The summed E-state index contributed by atoms with van der Waals surface area (Å²) < 4.78 is 5.04. The lowest BCUT2D eigenvalue weighted by Crippen LogP contribution is -2.47. The molecule has 0 saturated heterocycles. The van der Waals surface area contributed by atoms with Gasteiger partial charge >= 0.3 is 12.0 Å². The van der Waals surface area contributed by atoms with Crippen molar-refractivity contribution in [3.05, 3.63) is 70.8 Å². The summed E-state index contributed by atoms with van der Waals surface area (Å²) in [6.45, 7) is 3.82. The van der Waals surface area contributed by atoms with Crippen LogP contribution in [0.5, 0.6) is 0 Å². The van der Waals surface area contributed by atoms with Crippen LogP contribution < -0.4 is 16.0 Å². The maximum absolute atomic E-state index is 13.6. The van der Waals surface area contributed by atoms with Gasteiger partial charge in [0.1, 0.15) is 6.04 Å². The zero-order valence-electron chi connectivity index (χ0n) is 22.7. The Bertz CT molecular complexity index is 1410. The lowest BCUT2D eigenvalue weighted by Gasteiger charge is -2.29. The third-order valence-corrected chi connectivity index (χ3v) is 7.38. The molecule has 1 fully saturated rings. The van der Waals surface area contributed by atoms with Crippen LogP contribution in [0.4, 0.5) is 16.2 Å². The Hall–Kier alpha value is -4.31. The summed E-state index contributed by atoms with van der Waals surface area (Å²) >= 11 is 0. The average molecular weight is 526 g/mol. The molecule has 3 N–H and O–H groups in total. The number of carbonyl (C=O) groups excluding carboxylic acids is 3. The molecule has 4 rings (SSSR count). The minimum atomic E-state index is -0.747. The first kappa shape index (κ1) is 27.7. The van der Waals surface area contributed by atoms with E-state index < -0.39 is 23.9 Å². The van der Waals surface area contributed by atoms with E-state index in [2.05, 4.69) is 21.9 Å². The van der Waals surface area contributed by atoms with Crippen LogP contribution in [0, 0.1) is 32.1 Å². The Morgan fingerprint density at radius 3 is 2.23 bits per heavy atom. The molecule has 1 aliphatic rings. The molecule has 0 heterocycles. The number of carbonyl (C=O) groups is 3. The summed E-state index contributed by atoms with van der Waals surface area (Å²) in [5.41, 5.74) is 4.08. The molecule has 0 radical (unpaired) electrons. The standard InChI is InChI=1S/C32H35N3O4/c1-5-11-22-16-20(2)28(21(3)17-22)35-32(38)33-27-19-25-15-10-9-14-24(25)18-26(27)30(36)34-29(31(37)39-4)23-12-7-6-8-13-23/h1,9-10,14-19,23,29H,6-8,11-13H2,2-4H3,(H,34,36)(H2,33,35,38)/t29-/m0/s1. The van der Waals surface area contributed by atoms with E-state index in [4.69, 9.17) is 11.2 Å². The zero-order chi connectivity index (χ0) is 27.9. The molecule has 1 aliphatic carbocycles. The molecular formula is C32H35N3O4. The van der Waals surface area contributed by atoms with Crippen molar-refractivity contribution in [2.45, 2.75) is 58.4 Å². The molecule has 3 aromatic rings. The van der Waals surface area contributed by atoms with Crippen molar-refractivity contribution in [2.75, 3.05) is 17.7 Å². The number of amides is 3. The second-order valence-electron chi connectivity index (χ2n) is 10.2. The highest BCUT2D eigenvalue weighted by Gasteiger charge is 2.32. The summed E-state index contributed by atoms with van der Waals surface area (Å²) in [5, 5.41) is 10.4. The highest BCUT2D eigenvalue weighted by molar-refractivity contribution is 6.10. The van der Waals surface area contributed by atoms with Gasteiger partial charge in [-0.1, -0.05) is 55.7 Å². The summed E-state index contributed by atoms with van der Waals surface area (Å²) in [7, 11) is 1.33. The number of nitrogens with one attached hydrogen (secondary N) is 3. The number of urea groups is 1. The third-order valence-electron chi connectivity index (χ3n) is 7.38. The van der Waals surface area contributed by atoms with Crippen LogP contribution in [0.2, 0.25) is 0 Å². The van der Waals surface area contributed by atoms with Crippen LogP contribution in [0.1, 0.15) is 59.2 Å². The topological polar surface area (TPSA) is 96.5 Å². The molecule has 202 valence electrons. The molecule has 3 amide bonds. The van der Waals surface area contributed by atoms with E-state index in [1.807, 2.05) is 50.2 Å². The number of hydrogen-bond donors (Lipinski definition) is 3. The van der Waals surface area contributed by atoms with Gasteiger partial charge in [0, 0.05) is 12.1 Å². The zero-order valence-corrected chi connectivity index (χ0v) is 22.7. The first-order valence-electron chi connectivity index (χ1n) is 13.3. The van der Waals surface area contributed by atoms with Gasteiger partial charge in [0.05, 0.1) is 18.4 Å². The largest absolute Gasteiger partial charge is 0.467 e. The smallest absolute Gasteiger partial charge is 0.328 e. The van der Waals surface area contributed by atoms with Crippen molar-refractivity contribution < 1.29 is 19.1 Å². The summed E-state index contributed by atoms with van der Waals surface area (Å²) in [5.74, 6) is 1.76. The predicted molar refractivity (Wildman–Crippen MR) is 155 cm³/mol. The number of hydrogen-bond acceptors (Lipinski definition) is 4. The minimum Gasteiger partial charge on any atom is -0.467 e. The number of methoxy groups -OCH3 is 1. The number of aryl methyl sites for hydroxylation is 2. The molecule has 39 heavy (non-hydrogen) atoms. The van der Waals surface area contributed by atoms with Crippen molar-refractivity contribution in [1.82, 2.24) is 5.32 Å². The van der Waals surface area contributed by atoms with E-state index >= 15 is 0 Å². The summed E-state index contributed by atoms with van der Waals surface area (Å²) in [4.78, 5) is 39.5. The van der Waals surface area contributed by atoms with Crippen LogP contribution in [-0.4, -0.2) is 31.1 Å². The number of benzene rings is 3. The van der Waals surface area contributed by atoms with Gasteiger partial charge in [-0.2, -0.15) is 0 Å². The van der Waals surface area contributed by atoms with E-state index in [0.29, 0.717) is 17.8 Å². The fraction of sp³-hybridized carbons (Fsp3) is 0.344. The minimum absolute atomic E-state index is 0.0127. The lowest BCUT2D eigenvalue weighted by molar-refractivity contribution is -0.144. The molecule has 1 saturated carbocycles. The number of esters is 1. The van der Waals surface area contributed by atoms with Gasteiger partial charge in [-0.3, -0.25) is 4.79 Å². The molecule has 3 aromatic carbocycles. The Labute approximate surface area is 229 Å². The molecular weight excluding hydrogens is 490 g/mol. The lowest BCUT2D eigenvalue weighted by atomic mass is 9.83. The number of rotatable bonds is 7. The van der Waals surface area contributed by atoms with Crippen molar-refractivity contribution in [3.63, 3.8) is 0 Å². The molecule has 1 atom stereocenters. The van der Waals surface area contributed by atoms with Crippen molar-refractivity contribution in [1.29, 1.82) is 0 Å². The Morgan fingerprint density at radius 2 is 1.62 bits per heavy atom. The van der Waals surface area contributed by atoms with Crippen LogP contribution in [0.25, 0.3) is 10.8 Å². The molecule has 7 nitrogen and oxygen atoms in total. The number of terminal acetylenes is 1. The molecule has 0 spiro atoms. The van der Waals surface area contributed by atoms with Crippen LogP contribution in [-0.2, 0) is 16.0 Å². The maximum atomic E-state index is 13.6. The van der Waals surface area contributed by atoms with E-state index in [1.165, 1.54) is 7.11 Å². The first-order chi connectivity index (χ1) is 18.8. The molecule has 0 aromatic heterocycles. The summed E-state index contributed by atoms with van der Waals surface area (Å²) in [6.07, 6.45) is 10.8. The van der Waals surface area contributed by atoms with Gasteiger partial charge in [-0.25, -0.2) is 9.59 Å². The molecule has 0 unspecified atom stereocenters. The quantitative estimate of drug-likeness (QED) is 0.255. The second kappa shape index (κ2) is 12.5. The fourth-order valence-electron chi connectivity index (χ4n) is 5.45. The Morgan fingerprint density at radius 1 is 0.974 bits per heavy atom. The van der Waals surface area contributed by atoms with Crippen molar-refractivity contribution >= 4 is 40.1 Å². The number of ether oxygens (including phenoxy) is 1. The van der Waals surface area contributed by atoms with E-state index in [0.717, 1.165) is 59.6 Å². The van der Waals surface area contributed by atoms with E-state index in [-0.39, 0.29) is 11.5 Å². The average Bonchev–Trinajstić information content (AvgIpc) is 2.93. The normalized spacial score (nSPS) is 14.2. The third kappa shape index (κ3) is 6.58. The van der Waals surface area contributed by atoms with Gasteiger partial charge in [-0.05, 0) is 72.2 Å². The molecule has 0 aliphatic heterocycles. The van der Waals surface area contributed by atoms with Gasteiger partial charge in [0.25, 0.3) is 5.91 Å². The van der Waals surface area contributed by atoms with Crippen molar-refractivity contribution in [3.8, 4) is 12.3 Å².